The number of carbonyl (C=O) groups is 5. The molecule has 0 aromatic heterocycles. The predicted octanol–water partition coefficient (Wildman–Crippen LogP) is 1.77. The van der Waals surface area contributed by atoms with Crippen molar-refractivity contribution in [2.75, 3.05) is 29.7 Å². The van der Waals surface area contributed by atoms with E-state index in [4.69, 9.17) is 28.0 Å². The van der Waals surface area contributed by atoms with Crippen molar-refractivity contribution in [3.63, 3.8) is 0 Å². The van der Waals surface area contributed by atoms with Gasteiger partial charge in [0.1, 0.15) is 12.1 Å². The lowest BCUT2D eigenvalue weighted by Crippen LogP contribution is -2.54. The molecule has 2 rings (SSSR count). The third-order valence-electron chi connectivity index (χ3n) is 5.55. The first-order valence-corrected chi connectivity index (χ1v) is 12.7. The standard InChI is InChI=1S/C24H32Cl2N4O6/c1-15(2)22(24(35)36-30-20(32)8-9-21(30)33)28-23(34)19(27-16(3)31)14-17-4-6-18(7-5-17)29(12-10-25)13-11-26/h4-7,15,19,22H,8-14H2,1-3H3,(H,27,31)(H,28,34)/t19-,22+/m1/s1. The highest BCUT2D eigenvalue weighted by atomic mass is 35.5. The zero-order valence-electron chi connectivity index (χ0n) is 20.6. The molecule has 10 nitrogen and oxygen atoms in total. The molecule has 0 unspecified atom stereocenters. The van der Waals surface area contributed by atoms with Gasteiger partial charge in [0.05, 0.1) is 0 Å². The first-order chi connectivity index (χ1) is 17.1. The van der Waals surface area contributed by atoms with Crippen LogP contribution in [-0.2, 0) is 35.2 Å². The average molecular weight is 543 g/mol. The van der Waals surface area contributed by atoms with Crippen molar-refractivity contribution in [1.82, 2.24) is 15.7 Å². The van der Waals surface area contributed by atoms with E-state index in [1.54, 1.807) is 13.8 Å². The van der Waals surface area contributed by atoms with Crippen LogP contribution in [0.3, 0.4) is 0 Å². The van der Waals surface area contributed by atoms with Crippen LogP contribution in [0.4, 0.5) is 5.69 Å². The van der Waals surface area contributed by atoms with E-state index >= 15 is 0 Å². The lowest BCUT2D eigenvalue weighted by Gasteiger charge is -2.26. The van der Waals surface area contributed by atoms with Crippen molar-refractivity contribution in [1.29, 1.82) is 0 Å². The maximum Gasteiger partial charge on any atom is 0.355 e. The van der Waals surface area contributed by atoms with Crippen LogP contribution in [0.1, 0.15) is 39.2 Å². The summed E-state index contributed by atoms with van der Waals surface area (Å²) >= 11 is 11.7. The number of carbonyl (C=O) groups excluding carboxylic acids is 5. The molecule has 0 aliphatic carbocycles. The molecule has 2 N–H and O–H groups in total. The summed E-state index contributed by atoms with van der Waals surface area (Å²) in [6.07, 6.45) is 0.0904. The van der Waals surface area contributed by atoms with E-state index in [1.807, 2.05) is 29.2 Å². The zero-order chi connectivity index (χ0) is 26.8. The van der Waals surface area contributed by atoms with Gasteiger partial charge in [-0.15, -0.1) is 28.3 Å². The van der Waals surface area contributed by atoms with Crippen LogP contribution in [-0.4, -0.2) is 71.6 Å². The Morgan fingerprint density at radius 1 is 1.00 bits per heavy atom. The molecule has 0 saturated carbocycles. The third-order valence-corrected chi connectivity index (χ3v) is 5.89. The minimum Gasteiger partial charge on any atom is -0.369 e. The quantitative estimate of drug-likeness (QED) is 0.287. The van der Waals surface area contributed by atoms with Gasteiger partial charge in [-0.1, -0.05) is 26.0 Å². The lowest BCUT2D eigenvalue weighted by molar-refractivity contribution is -0.199. The number of amides is 4. The topological polar surface area (TPSA) is 125 Å². The molecule has 1 aliphatic rings. The minimum absolute atomic E-state index is 0.0380. The SMILES string of the molecule is CC(=O)N[C@H](Cc1ccc(N(CCCl)CCCl)cc1)C(=O)N[C@H](C(=O)ON1C(=O)CCC1=O)C(C)C. The summed E-state index contributed by atoms with van der Waals surface area (Å²) in [7, 11) is 0. The van der Waals surface area contributed by atoms with Crippen LogP contribution in [0, 0.1) is 5.92 Å². The molecule has 12 heteroatoms. The van der Waals surface area contributed by atoms with E-state index in [2.05, 4.69) is 10.6 Å². The van der Waals surface area contributed by atoms with Gasteiger partial charge in [-0.25, -0.2) is 4.79 Å². The Morgan fingerprint density at radius 2 is 1.56 bits per heavy atom. The Kier molecular flexibility index (Phi) is 11.5. The van der Waals surface area contributed by atoms with Crippen molar-refractivity contribution in [2.45, 2.75) is 52.1 Å². The normalized spacial score (nSPS) is 15.0. The van der Waals surface area contributed by atoms with Crippen molar-refractivity contribution < 1.29 is 28.8 Å². The summed E-state index contributed by atoms with van der Waals surface area (Å²) in [4.78, 5) is 68.2. The van der Waals surface area contributed by atoms with Crippen LogP contribution in [0.25, 0.3) is 0 Å². The number of nitrogens with zero attached hydrogens (tertiary/aromatic N) is 2. The van der Waals surface area contributed by atoms with Crippen LogP contribution < -0.4 is 15.5 Å². The van der Waals surface area contributed by atoms with Gasteiger partial charge in [0.15, 0.2) is 0 Å². The molecule has 1 aromatic rings. The van der Waals surface area contributed by atoms with Crippen molar-refractivity contribution in [3.8, 4) is 0 Å². The predicted molar refractivity (Wildman–Crippen MR) is 135 cm³/mol. The highest BCUT2D eigenvalue weighted by Crippen LogP contribution is 2.18. The maximum absolute atomic E-state index is 13.1. The summed E-state index contributed by atoms with van der Waals surface area (Å²) in [6, 6.07) is 5.33. The second-order valence-electron chi connectivity index (χ2n) is 8.71. The van der Waals surface area contributed by atoms with E-state index in [1.165, 1.54) is 6.92 Å². The number of anilines is 1. The smallest absolute Gasteiger partial charge is 0.355 e. The Labute approximate surface area is 220 Å². The molecule has 1 fully saturated rings. The summed E-state index contributed by atoms with van der Waals surface area (Å²) in [5.41, 5.74) is 1.70. The molecule has 0 bridgehead atoms. The van der Waals surface area contributed by atoms with Crippen LogP contribution in [0.5, 0.6) is 0 Å². The van der Waals surface area contributed by atoms with Gasteiger partial charge >= 0.3 is 5.97 Å². The molecule has 1 aromatic carbocycles. The number of hydrogen-bond acceptors (Lipinski definition) is 7. The molecule has 4 amide bonds. The van der Waals surface area contributed by atoms with Crippen LogP contribution in [0.2, 0.25) is 0 Å². The number of hydrogen-bond donors (Lipinski definition) is 2. The highest BCUT2D eigenvalue weighted by molar-refractivity contribution is 6.18. The maximum atomic E-state index is 13.1. The molecular formula is C24H32Cl2N4O6. The fourth-order valence-corrected chi connectivity index (χ4v) is 4.07. The van der Waals surface area contributed by atoms with Gasteiger partial charge in [-0.05, 0) is 23.6 Å². The molecule has 2 atom stereocenters. The Morgan fingerprint density at radius 3 is 2.03 bits per heavy atom. The number of hydroxylamine groups is 2. The number of alkyl halides is 2. The zero-order valence-corrected chi connectivity index (χ0v) is 22.1. The van der Waals surface area contributed by atoms with Crippen molar-refractivity contribution >= 4 is 58.5 Å². The summed E-state index contributed by atoms with van der Waals surface area (Å²) in [5, 5.41) is 5.64. The largest absolute Gasteiger partial charge is 0.369 e. The molecule has 0 radical (unpaired) electrons. The van der Waals surface area contributed by atoms with Crippen LogP contribution in [0.15, 0.2) is 24.3 Å². The number of halogens is 2. The molecule has 1 aliphatic heterocycles. The average Bonchev–Trinajstić information content (AvgIpc) is 3.13. The molecular weight excluding hydrogens is 511 g/mol. The number of benzene rings is 1. The molecule has 36 heavy (non-hydrogen) atoms. The summed E-state index contributed by atoms with van der Waals surface area (Å²) < 4.78 is 0. The van der Waals surface area contributed by atoms with E-state index in [0.29, 0.717) is 29.9 Å². The molecule has 1 saturated heterocycles. The second kappa shape index (κ2) is 14.0. The Bertz CT molecular complexity index is 934. The summed E-state index contributed by atoms with van der Waals surface area (Å²) in [5.74, 6) is -2.71. The first-order valence-electron chi connectivity index (χ1n) is 11.7. The molecule has 1 heterocycles. The van der Waals surface area contributed by atoms with Gasteiger partial charge in [-0.2, -0.15) is 0 Å². The van der Waals surface area contributed by atoms with Gasteiger partial charge in [0, 0.05) is 56.7 Å². The number of rotatable bonds is 13. The molecule has 198 valence electrons. The second-order valence-corrected chi connectivity index (χ2v) is 9.47. The molecule has 0 spiro atoms. The fraction of sp³-hybridized carbons (Fsp3) is 0.542. The highest BCUT2D eigenvalue weighted by Gasteiger charge is 2.37. The van der Waals surface area contributed by atoms with Gasteiger partial charge < -0.3 is 20.4 Å². The Hall–Kier alpha value is -2.85. The van der Waals surface area contributed by atoms with Crippen LogP contribution >= 0.6 is 23.2 Å². The van der Waals surface area contributed by atoms with E-state index in [-0.39, 0.29) is 19.3 Å². The van der Waals surface area contributed by atoms with Gasteiger partial charge in [-0.3, -0.25) is 19.2 Å². The van der Waals surface area contributed by atoms with E-state index < -0.39 is 47.6 Å². The monoisotopic (exact) mass is 542 g/mol. The first kappa shape index (κ1) is 29.4. The van der Waals surface area contributed by atoms with E-state index in [9.17, 15) is 24.0 Å². The number of imide groups is 1. The third kappa shape index (κ3) is 8.37. The van der Waals surface area contributed by atoms with Gasteiger partial charge in [0.25, 0.3) is 11.8 Å². The summed E-state index contributed by atoms with van der Waals surface area (Å²) in [6.45, 7) is 5.91. The lowest BCUT2D eigenvalue weighted by atomic mass is 10.0. The van der Waals surface area contributed by atoms with Crippen molar-refractivity contribution in [2.24, 2.45) is 5.92 Å². The van der Waals surface area contributed by atoms with E-state index in [0.717, 1.165) is 11.3 Å². The van der Waals surface area contributed by atoms with Gasteiger partial charge in [0.2, 0.25) is 11.8 Å². The number of nitrogens with one attached hydrogen (secondary N) is 2. The minimum atomic E-state index is -1.14. The Balaban J connectivity index is 2.12. The fourth-order valence-electron chi connectivity index (χ4n) is 3.66. The van der Waals surface area contributed by atoms with Crippen molar-refractivity contribution in [3.05, 3.63) is 29.8 Å².